The lowest BCUT2D eigenvalue weighted by Gasteiger charge is -2.53. The lowest BCUT2D eigenvalue weighted by Crippen LogP contribution is -2.59. The SMILES string of the molecule is Cn1cnnc1C1(c2cccc(N(Cc3ccc4c(c3)C(=O)NC4)[C@]3(C)CC[C@H]3Cl)c2)CC(Cl)C1. The first-order chi connectivity index (χ1) is 16.8. The number of fused-ring (bicyclic) bond motifs is 1. The van der Waals surface area contributed by atoms with Crippen LogP contribution in [0.25, 0.3) is 0 Å². The molecule has 182 valence electrons. The van der Waals surface area contributed by atoms with E-state index >= 15 is 0 Å². The van der Waals surface area contributed by atoms with E-state index in [9.17, 15) is 4.79 Å². The van der Waals surface area contributed by atoms with Crippen molar-refractivity contribution in [2.75, 3.05) is 4.90 Å². The zero-order valence-corrected chi connectivity index (χ0v) is 21.5. The van der Waals surface area contributed by atoms with Crippen molar-refractivity contribution in [1.29, 1.82) is 0 Å². The van der Waals surface area contributed by atoms with E-state index < -0.39 is 0 Å². The van der Waals surface area contributed by atoms with E-state index in [-0.39, 0.29) is 27.6 Å². The Labute approximate surface area is 215 Å². The highest BCUT2D eigenvalue weighted by Gasteiger charge is 2.50. The Hall–Kier alpha value is -2.57. The molecule has 6 nitrogen and oxygen atoms in total. The Bertz CT molecular complexity index is 1300. The smallest absolute Gasteiger partial charge is 0.251 e. The van der Waals surface area contributed by atoms with E-state index in [4.69, 9.17) is 23.2 Å². The molecule has 1 aromatic heterocycles. The summed E-state index contributed by atoms with van der Waals surface area (Å²) in [5, 5.41) is 11.7. The Kier molecular flexibility index (Phi) is 5.38. The topological polar surface area (TPSA) is 63.1 Å². The minimum absolute atomic E-state index is 0.00621. The van der Waals surface area contributed by atoms with Crippen molar-refractivity contribution in [3.05, 3.63) is 76.9 Å². The van der Waals surface area contributed by atoms with Gasteiger partial charge in [-0.3, -0.25) is 4.79 Å². The molecule has 1 amide bonds. The quantitative estimate of drug-likeness (QED) is 0.479. The van der Waals surface area contributed by atoms with E-state index in [0.717, 1.165) is 53.9 Å². The highest BCUT2D eigenvalue weighted by Crippen LogP contribution is 2.52. The van der Waals surface area contributed by atoms with Crippen LogP contribution in [0.3, 0.4) is 0 Å². The molecule has 1 aliphatic heterocycles. The number of aryl methyl sites for hydroxylation is 1. The van der Waals surface area contributed by atoms with Crippen LogP contribution in [0.15, 0.2) is 48.8 Å². The van der Waals surface area contributed by atoms with E-state index in [0.29, 0.717) is 13.1 Å². The monoisotopic (exact) mass is 509 g/mol. The third-order valence-electron chi connectivity index (χ3n) is 8.38. The standard InChI is InChI=1S/C27H29Cl2N5O/c1-26(9-8-23(26)29)34(15-17-6-7-18-14-30-24(35)22(18)10-17)21-5-3-4-19(11-21)27(12-20(28)13-27)25-32-31-16-33(25)2/h3-7,10-11,16,20,23H,8-9,12-15H2,1-2H3,(H,30,35)/t20?,23-,26-,27?/m1/s1. The molecule has 0 bridgehead atoms. The summed E-state index contributed by atoms with van der Waals surface area (Å²) in [6, 6.07) is 15.0. The molecule has 1 N–H and O–H groups in total. The number of aromatic nitrogens is 3. The zero-order chi connectivity index (χ0) is 24.4. The lowest BCUT2D eigenvalue weighted by molar-refractivity contribution is 0.0965. The van der Waals surface area contributed by atoms with Crippen LogP contribution in [-0.4, -0.2) is 37.0 Å². The van der Waals surface area contributed by atoms with Crippen LogP contribution < -0.4 is 10.2 Å². The highest BCUT2D eigenvalue weighted by molar-refractivity contribution is 6.22. The molecule has 6 rings (SSSR count). The van der Waals surface area contributed by atoms with Crippen molar-refractivity contribution in [2.45, 2.75) is 67.4 Å². The molecule has 0 saturated heterocycles. The predicted octanol–water partition coefficient (Wildman–Crippen LogP) is 4.91. The van der Waals surface area contributed by atoms with Crippen molar-refractivity contribution in [3.8, 4) is 0 Å². The fraction of sp³-hybridized carbons (Fsp3) is 0.444. The minimum atomic E-state index is -0.244. The molecule has 0 radical (unpaired) electrons. The van der Waals surface area contributed by atoms with Gasteiger partial charge in [-0.25, -0.2) is 0 Å². The number of carbonyl (C=O) groups is 1. The van der Waals surface area contributed by atoms with Crippen LogP contribution in [0.2, 0.25) is 0 Å². The fourth-order valence-electron chi connectivity index (χ4n) is 6.01. The number of hydrogen-bond acceptors (Lipinski definition) is 4. The summed E-state index contributed by atoms with van der Waals surface area (Å²) in [5.74, 6) is 0.958. The number of rotatable bonds is 6. The van der Waals surface area contributed by atoms with E-state index in [1.54, 1.807) is 6.33 Å². The second kappa shape index (κ2) is 8.24. The van der Waals surface area contributed by atoms with Crippen LogP contribution in [0.5, 0.6) is 0 Å². The number of hydrogen-bond donors (Lipinski definition) is 1. The molecule has 2 aromatic carbocycles. The molecule has 2 heterocycles. The van der Waals surface area contributed by atoms with Crippen LogP contribution in [-0.2, 0) is 25.6 Å². The first kappa shape index (κ1) is 22.9. The Morgan fingerprint density at radius 2 is 2.03 bits per heavy atom. The molecule has 2 saturated carbocycles. The number of alkyl halides is 2. The first-order valence-corrected chi connectivity index (χ1v) is 13.1. The summed E-state index contributed by atoms with van der Waals surface area (Å²) < 4.78 is 2.00. The van der Waals surface area contributed by atoms with Gasteiger partial charge in [-0.15, -0.1) is 33.4 Å². The van der Waals surface area contributed by atoms with Crippen molar-refractivity contribution < 1.29 is 4.79 Å². The minimum Gasteiger partial charge on any atom is -0.360 e. The number of nitrogens with one attached hydrogen (secondary N) is 1. The molecule has 0 spiro atoms. The van der Waals surface area contributed by atoms with Crippen LogP contribution >= 0.6 is 23.2 Å². The van der Waals surface area contributed by atoms with Gasteiger partial charge in [0, 0.05) is 36.8 Å². The van der Waals surface area contributed by atoms with Crippen molar-refractivity contribution >= 4 is 34.8 Å². The third kappa shape index (κ3) is 3.56. The number of amides is 1. The van der Waals surface area contributed by atoms with Gasteiger partial charge in [-0.05, 0) is 67.5 Å². The summed E-state index contributed by atoms with van der Waals surface area (Å²) in [5.41, 5.74) is 4.86. The molecule has 2 aliphatic carbocycles. The normalized spacial score (nSPS) is 29.2. The number of anilines is 1. The second-order valence-corrected chi connectivity index (χ2v) is 11.7. The van der Waals surface area contributed by atoms with Crippen LogP contribution in [0.1, 0.15) is 65.5 Å². The molecule has 3 aliphatic rings. The predicted molar refractivity (Wildman–Crippen MR) is 138 cm³/mol. The van der Waals surface area contributed by atoms with E-state index in [2.05, 4.69) is 63.7 Å². The van der Waals surface area contributed by atoms with Gasteiger partial charge in [0.2, 0.25) is 0 Å². The van der Waals surface area contributed by atoms with Gasteiger partial charge >= 0.3 is 0 Å². The second-order valence-electron chi connectivity index (χ2n) is 10.5. The van der Waals surface area contributed by atoms with Gasteiger partial charge < -0.3 is 14.8 Å². The molecule has 8 heteroatoms. The van der Waals surface area contributed by atoms with Gasteiger partial charge in [0.25, 0.3) is 5.91 Å². The summed E-state index contributed by atoms with van der Waals surface area (Å²) in [6.07, 6.45) is 5.44. The summed E-state index contributed by atoms with van der Waals surface area (Å²) in [4.78, 5) is 14.7. The Morgan fingerprint density at radius 1 is 1.20 bits per heavy atom. The average molecular weight is 510 g/mol. The van der Waals surface area contributed by atoms with Gasteiger partial charge in [0.15, 0.2) is 0 Å². The zero-order valence-electron chi connectivity index (χ0n) is 20.0. The number of halogens is 2. The molecule has 0 unspecified atom stereocenters. The van der Waals surface area contributed by atoms with E-state index in [1.165, 1.54) is 5.56 Å². The summed E-state index contributed by atoms with van der Waals surface area (Å²) in [7, 11) is 1.99. The highest BCUT2D eigenvalue weighted by atomic mass is 35.5. The molecular weight excluding hydrogens is 481 g/mol. The third-order valence-corrected chi connectivity index (χ3v) is 9.38. The van der Waals surface area contributed by atoms with Crippen LogP contribution in [0.4, 0.5) is 5.69 Å². The van der Waals surface area contributed by atoms with E-state index in [1.807, 2.05) is 17.7 Å². The molecular formula is C27H29Cl2N5O. The van der Waals surface area contributed by atoms with Crippen molar-refractivity contribution in [2.24, 2.45) is 7.05 Å². The van der Waals surface area contributed by atoms with Gasteiger partial charge in [-0.2, -0.15) is 0 Å². The van der Waals surface area contributed by atoms with Crippen LogP contribution in [0, 0.1) is 0 Å². The molecule has 2 atom stereocenters. The molecule has 35 heavy (non-hydrogen) atoms. The summed E-state index contributed by atoms with van der Waals surface area (Å²) in [6.45, 7) is 3.53. The molecule has 2 fully saturated rings. The van der Waals surface area contributed by atoms with Crippen molar-refractivity contribution in [1.82, 2.24) is 20.1 Å². The maximum Gasteiger partial charge on any atom is 0.251 e. The summed E-state index contributed by atoms with van der Waals surface area (Å²) >= 11 is 13.4. The lowest BCUT2D eigenvalue weighted by atomic mass is 9.63. The maximum absolute atomic E-state index is 12.3. The average Bonchev–Trinajstić information content (AvgIpc) is 3.44. The maximum atomic E-state index is 12.3. The molecule has 3 aromatic rings. The van der Waals surface area contributed by atoms with Gasteiger partial charge in [0.1, 0.15) is 12.2 Å². The Morgan fingerprint density at radius 3 is 2.69 bits per heavy atom. The first-order valence-electron chi connectivity index (χ1n) is 12.2. The van der Waals surface area contributed by atoms with Gasteiger partial charge in [-0.1, -0.05) is 24.3 Å². The number of carbonyl (C=O) groups excluding carboxylic acids is 1. The fourth-order valence-corrected chi connectivity index (χ4v) is 6.88. The van der Waals surface area contributed by atoms with Gasteiger partial charge in [0.05, 0.1) is 16.3 Å². The number of benzene rings is 2. The largest absolute Gasteiger partial charge is 0.360 e. The Balaban J connectivity index is 1.40. The number of nitrogens with zero attached hydrogens (tertiary/aromatic N) is 4. The van der Waals surface area contributed by atoms with Crippen molar-refractivity contribution in [3.63, 3.8) is 0 Å².